The number of carboxylic acids is 1. The van der Waals surface area contributed by atoms with E-state index in [0.717, 1.165) is 5.69 Å². The summed E-state index contributed by atoms with van der Waals surface area (Å²) >= 11 is 0. The summed E-state index contributed by atoms with van der Waals surface area (Å²) < 4.78 is 18.2. The van der Waals surface area contributed by atoms with Gasteiger partial charge in [0.2, 0.25) is 5.75 Å². The maximum Gasteiger partial charge on any atom is 0.340 e. The molecule has 4 aromatic rings. The molecular formula is C34H37N5O7. The normalized spacial score (nSPS) is 15.2. The number of aromatic carboxylic acids is 1. The molecule has 2 N–H and O–H groups in total. The van der Waals surface area contributed by atoms with Crippen molar-refractivity contribution >= 4 is 34.5 Å². The van der Waals surface area contributed by atoms with E-state index in [9.17, 15) is 19.5 Å². The van der Waals surface area contributed by atoms with Crippen LogP contribution < -0.4 is 24.4 Å². The molecule has 1 aromatic heterocycles. The number of hydrogen-bond acceptors (Lipinski definition) is 8. The van der Waals surface area contributed by atoms with Crippen molar-refractivity contribution in [3.05, 3.63) is 77.4 Å². The average Bonchev–Trinajstić information content (AvgIpc) is 3.47. The van der Waals surface area contributed by atoms with Gasteiger partial charge in [-0.05, 0) is 36.4 Å². The average molecular weight is 628 g/mol. The zero-order valence-corrected chi connectivity index (χ0v) is 26.1. The van der Waals surface area contributed by atoms with Crippen LogP contribution in [0.25, 0.3) is 16.6 Å². The highest BCUT2D eigenvalue weighted by molar-refractivity contribution is 6.18. The molecule has 46 heavy (non-hydrogen) atoms. The summed E-state index contributed by atoms with van der Waals surface area (Å²) in [5, 5.41) is 14.4. The number of benzene rings is 3. The maximum absolute atomic E-state index is 13.8. The molecule has 0 spiro atoms. The molecule has 6 rings (SSSR count). The summed E-state index contributed by atoms with van der Waals surface area (Å²) in [6.07, 6.45) is 0. The lowest BCUT2D eigenvalue weighted by Gasteiger charge is -2.37. The second-order valence-corrected chi connectivity index (χ2v) is 11.1. The van der Waals surface area contributed by atoms with Crippen molar-refractivity contribution in [2.45, 2.75) is 0 Å². The monoisotopic (exact) mass is 627 g/mol. The Kier molecular flexibility index (Phi) is 8.71. The van der Waals surface area contributed by atoms with Crippen LogP contribution >= 0.6 is 0 Å². The van der Waals surface area contributed by atoms with E-state index in [1.54, 1.807) is 34.1 Å². The molecule has 0 radical (unpaired) electrons. The fraction of sp³-hybridized carbons (Fsp3) is 0.324. The van der Waals surface area contributed by atoms with Crippen LogP contribution in [0.1, 0.15) is 31.1 Å². The summed E-state index contributed by atoms with van der Waals surface area (Å²) in [5.41, 5.74) is 2.24. The number of nitrogens with zero attached hydrogens (tertiary/aromatic N) is 4. The Morgan fingerprint density at radius 2 is 1.37 bits per heavy atom. The Labute approximate surface area is 266 Å². The van der Waals surface area contributed by atoms with Crippen molar-refractivity contribution in [3.8, 4) is 22.9 Å². The first kappa shape index (κ1) is 30.8. The van der Waals surface area contributed by atoms with E-state index >= 15 is 0 Å². The number of amides is 2. The molecule has 2 fully saturated rings. The number of carbonyl (C=O) groups is 3. The fourth-order valence-corrected chi connectivity index (χ4v) is 6.39. The van der Waals surface area contributed by atoms with Crippen LogP contribution in [0.15, 0.2) is 60.7 Å². The van der Waals surface area contributed by atoms with E-state index in [2.05, 4.69) is 5.32 Å². The molecule has 2 amide bonds. The van der Waals surface area contributed by atoms with Gasteiger partial charge >= 0.3 is 5.97 Å². The third-order valence-electron chi connectivity index (χ3n) is 8.61. The molecule has 0 bridgehead atoms. The summed E-state index contributed by atoms with van der Waals surface area (Å²) in [6.45, 7) is 3.90. The van der Waals surface area contributed by atoms with Crippen LogP contribution in [0.5, 0.6) is 17.2 Å². The van der Waals surface area contributed by atoms with Crippen molar-refractivity contribution < 1.29 is 33.7 Å². The number of aromatic nitrogens is 1. The van der Waals surface area contributed by atoms with Crippen LogP contribution in [0.2, 0.25) is 0 Å². The highest BCUT2D eigenvalue weighted by Crippen LogP contribution is 2.40. The van der Waals surface area contributed by atoms with Gasteiger partial charge in [0.1, 0.15) is 11.4 Å². The number of hydrogen-bond donors (Lipinski definition) is 2. The van der Waals surface area contributed by atoms with Crippen molar-refractivity contribution in [2.24, 2.45) is 0 Å². The summed E-state index contributed by atoms with van der Waals surface area (Å²) in [4.78, 5) is 46.1. The number of methoxy groups -OCH3 is 3. The molecule has 0 atom stereocenters. The standard InChI is InChI=1S/C34H37N5O7/c1-44-26-20-22(21-27(45-2)30(26)46-3)32(40)38-18-16-36(17-19-38)31-29(34(42)43)28-24(33(41)37-14-12-35-13-15-37)10-7-11-25(28)39(31)23-8-5-4-6-9-23/h4-11,20-21,35H,12-19H2,1-3H3,(H,42,43). The smallest absolute Gasteiger partial charge is 0.340 e. The quantitative estimate of drug-likeness (QED) is 0.303. The van der Waals surface area contributed by atoms with Crippen LogP contribution in [-0.4, -0.2) is 111 Å². The van der Waals surface area contributed by atoms with E-state index < -0.39 is 5.97 Å². The molecule has 240 valence electrons. The van der Waals surface area contributed by atoms with Crippen molar-refractivity contribution in [3.63, 3.8) is 0 Å². The van der Waals surface area contributed by atoms with Crippen molar-refractivity contribution in [1.29, 1.82) is 0 Å². The predicted molar refractivity (Wildman–Crippen MR) is 173 cm³/mol. The van der Waals surface area contributed by atoms with Gasteiger partial charge in [-0.2, -0.15) is 0 Å². The summed E-state index contributed by atoms with van der Waals surface area (Å²) in [6, 6.07) is 18.2. The highest BCUT2D eigenvalue weighted by Gasteiger charge is 2.34. The lowest BCUT2D eigenvalue weighted by atomic mass is 10.0. The van der Waals surface area contributed by atoms with E-state index in [-0.39, 0.29) is 17.4 Å². The molecule has 0 saturated carbocycles. The van der Waals surface area contributed by atoms with Gasteiger partial charge in [0.05, 0.1) is 26.8 Å². The van der Waals surface area contributed by atoms with Gasteiger partial charge < -0.3 is 39.3 Å². The number of piperazine rings is 2. The van der Waals surface area contributed by atoms with Gasteiger partial charge in [0.25, 0.3) is 11.8 Å². The molecule has 2 aliphatic rings. The minimum atomic E-state index is -1.12. The Balaban J connectivity index is 1.39. The molecule has 0 aliphatic carbocycles. The second-order valence-electron chi connectivity index (χ2n) is 11.1. The van der Waals surface area contributed by atoms with E-state index in [0.29, 0.717) is 97.5 Å². The maximum atomic E-state index is 13.8. The number of rotatable bonds is 8. The largest absolute Gasteiger partial charge is 0.493 e. The first-order valence-corrected chi connectivity index (χ1v) is 15.2. The molecule has 0 unspecified atom stereocenters. The number of anilines is 1. The van der Waals surface area contributed by atoms with Crippen LogP contribution in [0.4, 0.5) is 5.82 Å². The molecular weight excluding hydrogens is 590 g/mol. The number of para-hydroxylation sites is 1. The zero-order chi connectivity index (χ0) is 32.4. The minimum absolute atomic E-state index is 0.0716. The van der Waals surface area contributed by atoms with Gasteiger partial charge in [-0.3, -0.25) is 14.2 Å². The lowest BCUT2D eigenvalue weighted by Crippen LogP contribution is -2.49. The van der Waals surface area contributed by atoms with E-state index in [1.165, 1.54) is 21.3 Å². The number of carbonyl (C=O) groups excluding carboxylic acids is 2. The SMILES string of the molecule is COc1cc(C(=O)N2CCN(c3c(C(=O)O)c4c(C(=O)N5CCNCC5)cccc4n3-c3ccccc3)CC2)cc(OC)c1OC. The third kappa shape index (κ3) is 5.45. The molecule has 3 heterocycles. The second kappa shape index (κ2) is 13.0. The first-order chi connectivity index (χ1) is 22.4. The topological polar surface area (TPSA) is 126 Å². The summed E-state index contributed by atoms with van der Waals surface area (Å²) in [7, 11) is 4.50. The number of fused-ring (bicyclic) bond motifs is 1. The lowest BCUT2D eigenvalue weighted by molar-refractivity contribution is 0.0694. The van der Waals surface area contributed by atoms with Gasteiger partial charge in [0, 0.05) is 74.6 Å². The molecule has 12 nitrogen and oxygen atoms in total. The number of carboxylic acid groups (broad SMARTS) is 1. The van der Waals surface area contributed by atoms with Crippen LogP contribution in [0.3, 0.4) is 0 Å². The van der Waals surface area contributed by atoms with Gasteiger partial charge in [0.15, 0.2) is 11.5 Å². The van der Waals surface area contributed by atoms with Crippen LogP contribution in [-0.2, 0) is 0 Å². The van der Waals surface area contributed by atoms with Gasteiger partial charge in [-0.15, -0.1) is 0 Å². The van der Waals surface area contributed by atoms with E-state index in [4.69, 9.17) is 14.2 Å². The first-order valence-electron chi connectivity index (χ1n) is 15.2. The van der Waals surface area contributed by atoms with Gasteiger partial charge in [-0.1, -0.05) is 24.3 Å². The number of ether oxygens (including phenoxy) is 3. The molecule has 3 aromatic carbocycles. The predicted octanol–water partition coefficient (Wildman–Crippen LogP) is 3.36. The number of nitrogens with one attached hydrogen (secondary N) is 1. The van der Waals surface area contributed by atoms with Gasteiger partial charge in [-0.25, -0.2) is 4.79 Å². The van der Waals surface area contributed by atoms with Crippen LogP contribution in [0, 0.1) is 0 Å². The van der Waals surface area contributed by atoms with Crippen molar-refractivity contribution in [2.75, 3.05) is 78.6 Å². The minimum Gasteiger partial charge on any atom is -0.493 e. The molecule has 2 saturated heterocycles. The Morgan fingerprint density at radius 3 is 1.96 bits per heavy atom. The Bertz CT molecular complexity index is 1750. The van der Waals surface area contributed by atoms with E-state index in [1.807, 2.05) is 45.9 Å². The zero-order valence-electron chi connectivity index (χ0n) is 26.1. The third-order valence-corrected chi connectivity index (χ3v) is 8.61. The van der Waals surface area contributed by atoms with Crippen molar-refractivity contribution in [1.82, 2.24) is 19.7 Å². The Morgan fingerprint density at radius 1 is 0.739 bits per heavy atom. The Hall–Kier alpha value is -5.23. The molecule has 2 aliphatic heterocycles. The molecule has 12 heteroatoms. The highest BCUT2D eigenvalue weighted by atomic mass is 16.5. The summed E-state index contributed by atoms with van der Waals surface area (Å²) in [5.74, 6) is 0.135. The fourth-order valence-electron chi connectivity index (χ4n) is 6.39.